The molecule has 1 heteroatoms. The predicted octanol–water partition coefficient (Wildman–Crippen LogP) is 1.09. The summed E-state index contributed by atoms with van der Waals surface area (Å²) < 4.78 is 50.7. The standard InChI is InChI=1S/C6H10O/c7-6-4-2-1-3-5-6/h2,4,6-7H,1,3,5H2/i1D2,3D2,5D2,6D. The van der Waals surface area contributed by atoms with Crippen LogP contribution < -0.4 is 0 Å². The SMILES string of the molecule is [2H]C1([2H])C=CC([2H])(O)C([2H])([2H])C1([2H])[2H]. The average molecular weight is 105 g/mol. The van der Waals surface area contributed by atoms with E-state index < -0.39 is 25.2 Å². The monoisotopic (exact) mass is 105 g/mol. The zero-order chi connectivity index (χ0) is 11.4. The van der Waals surface area contributed by atoms with Gasteiger partial charge in [0.05, 0.1) is 7.45 Å². The summed E-state index contributed by atoms with van der Waals surface area (Å²) in [6.07, 6.45) is -9.93. The maximum absolute atomic E-state index is 9.27. The highest BCUT2D eigenvalue weighted by molar-refractivity contribution is 4.92. The van der Waals surface area contributed by atoms with Crippen molar-refractivity contribution in [3.05, 3.63) is 12.2 Å². The van der Waals surface area contributed by atoms with Crippen molar-refractivity contribution in [3.8, 4) is 0 Å². The summed E-state index contributed by atoms with van der Waals surface area (Å²) >= 11 is 0. The van der Waals surface area contributed by atoms with Crippen molar-refractivity contribution in [2.24, 2.45) is 0 Å². The fourth-order valence-electron chi connectivity index (χ4n) is 0.304. The van der Waals surface area contributed by atoms with E-state index in [-0.39, 0.29) is 0 Å². The van der Waals surface area contributed by atoms with E-state index in [1.807, 2.05) is 0 Å². The number of aliphatic hydroxyl groups is 1. The number of hydrogen-bond donors (Lipinski definition) is 1. The second-order valence-corrected chi connectivity index (χ2v) is 1.11. The molecule has 1 nitrogen and oxygen atoms in total. The number of hydrogen-bond acceptors (Lipinski definition) is 1. The lowest BCUT2D eigenvalue weighted by molar-refractivity contribution is 0.204. The van der Waals surface area contributed by atoms with Gasteiger partial charge in [0.2, 0.25) is 0 Å². The zero-order valence-corrected chi connectivity index (χ0v) is 3.60. The molecule has 40 valence electrons. The van der Waals surface area contributed by atoms with Crippen LogP contribution in [0, 0.1) is 0 Å². The summed E-state index contributed by atoms with van der Waals surface area (Å²) in [5.74, 6) is 0. The molecule has 0 radical (unpaired) electrons. The molecule has 0 bridgehead atoms. The van der Waals surface area contributed by atoms with E-state index in [4.69, 9.17) is 9.60 Å². The molecule has 0 fully saturated rings. The van der Waals surface area contributed by atoms with Crippen molar-refractivity contribution < 1.29 is 14.7 Å². The van der Waals surface area contributed by atoms with Gasteiger partial charge >= 0.3 is 0 Å². The first kappa shape index (κ1) is 1.16. The lowest BCUT2D eigenvalue weighted by atomic mass is 10.1. The minimum absolute atomic E-state index is 0.633. The van der Waals surface area contributed by atoms with Gasteiger partial charge in [0.15, 0.2) is 0 Å². The van der Waals surface area contributed by atoms with Crippen LogP contribution in [-0.4, -0.2) is 11.2 Å². The van der Waals surface area contributed by atoms with Crippen molar-refractivity contribution in [1.82, 2.24) is 0 Å². The Morgan fingerprint density at radius 3 is 3.57 bits per heavy atom. The minimum Gasteiger partial charge on any atom is -0.389 e. The topological polar surface area (TPSA) is 20.2 Å². The van der Waals surface area contributed by atoms with Crippen LogP contribution in [0.1, 0.15) is 28.7 Å². The van der Waals surface area contributed by atoms with Crippen LogP contribution in [0.15, 0.2) is 12.2 Å². The summed E-state index contributed by atoms with van der Waals surface area (Å²) in [6, 6.07) is 0. The molecule has 1 atom stereocenters. The number of allylic oxidation sites excluding steroid dienone is 1. The van der Waals surface area contributed by atoms with Gasteiger partial charge in [0.25, 0.3) is 0 Å². The normalized spacial score (nSPS) is 77.6. The van der Waals surface area contributed by atoms with Crippen molar-refractivity contribution in [2.75, 3.05) is 0 Å². The molecular formula is C6H10O. The third kappa shape index (κ3) is 1.32. The molecule has 7 heavy (non-hydrogen) atoms. The Hall–Kier alpha value is -0.300. The Morgan fingerprint density at radius 1 is 2.00 bits per heavy atom. The molecule has 0 saturated carbocycles. The van der Waals surface area contributed by atoms with Gasteiger partial charge < -0.3 is 5.11 Å². The molecule has 0 amide bonds. The fourth-order valence-corrected chi connectivity index (χ4v) is 0.304. The van der Waals surface area contributed by atoms with E-state index in [1.165, 1.54) is 0 Å². The van der Waals surface area contributed by atoms with Crippen LogP contribution in [0.2, 0.25) is 0 Å². The fraction of sp³-hybridized carbons (Fsp3) is 0.667. The smallest absolute Gasteiger partial charge is 0.0721 e. The summed E-state index contributed by atoms with van der Waals surface area (Å²) in [5, 5.41) is 9.27. The minimum atomic E-state index is -3.00. The molecular weight excluding hydrogens is 88.1 g/mol. The van der Waals surface area contributed by atoms with E-state index in [2.05, 4.69) is 0 Å². The summed E-state index contributed by atoms with van der Waals surface area (Å²) in [6.45, 7) is 0. The molecule has 0 aromatic rings. The summed E-state index contributed by atoms with van der Waals surface area (Å²) in [5.41, 5.74) is 0. The zero-order valence-electron chi connectivity index (χ0n) is 10.6. The quantitative estimate of drug-likeness (QED) is 0.457. The molecule has 1 aliphatic carbocycles. The molecule has 0 saturated heterocycles. The largest absolute Gasteiger partial charge is 0.389 e. The predicted molar refractivity (Wildman–Crippen MR) is 29.0 cm³/mol. The maximum atomic E-state index is 9.27. The molecule has 0 heterocycles. The van der Waals surface area contributed by atoms with Crippen LogP contribution in [0.4, 0.5) is 0 Å². The third-order valence-electron chi connectivity index (χ3n) is 0.587. The summed E-state index contributed by atoms with van der Waals surface area (Å²) in [4.78, 5) is 0. The molecule has 0 aliphatic heterocycles. The van der Waals surface area contributed by atoms with E-state index in [0.29, 0.717) is 12.2 Å². The average Bonchev–Trinajstić information content (AvgIpc) is 1.98. The molecule has 0 aromatic carbocycles. The van der Waals surface area contributed by atoms with Crippen molar-refractivity contribution in [1.29, 1.82) is 0 Å². The first-order valence-electron chi connectivity index (χ1n) is 5.38. The highest BCUT2D eigenvalue weighted by Gasteiger charge is 2.00. The van der Waals surface area contributed by atoms with E-state index >= 15 is 0 Å². The first-order chi connectivity index (χ1) is 5.96. The second-order valence-electron chi connectivity index (χ2n) is 1.11. The highest BCUT2D eigenvalue weighted by Crippen LogP contribution is 2.08. The Kier molecular flexibility index (Phi) is 0.352. The van der Waals surface area contributed by atoms with Gasteiger partial charge in [-0.25, -0.2) is 0 Å². The Morgan fingerprint density at radius 2 is 2.86 bits per heavy atom. The molecule has 0 spiro atoms. The van der Waals surface area contributed by atoms with E-state index in [1.54, 1.807) is 0 Å². The Bertz CT molecular complexity index is 252. The highest BCUT2D eigenvalue weighted by atomic mass is 16.3. The van der Waals surface area contributed by atoms with Gasteiger partial charge in [0.1, 0.15) is 0 Å². The van der Waals surface area contributed by atoms with Crippen LogP contribution in [0.3, 0.4) is 0 Å². The second kappa shape index (κ2) is 2.12. The molecule has 1 rings (SSSR count). The van der Waals surface area contributed by atoms with E-state index in [9.17, 15) is 5.11 Å². The molecule has 1 aliphatic rings. The van der Waals surface area contributed by atoms with Gasteiger partial charge in [-0.2, -0.15) is 0 Å². The lowest BCUT2D eigenvalue weighted by Crippen LogP contribution is -2.04. The maximum Gasteiger partial charge on any atom is 0.0721 e. The van der Waals surface area contributed by atoms with Crippen molar-refractivity contribution >= 4 is 0 Å². The van der Waals surface area contributed by atoms with Crippen LogP contribution in [0.5, 0.6) is 0 Å². The van der Waals surface area contributed by atoms with Gasteiger partial charge in [-0.3, -0.25) is 0 Å². The summed E-state index contributed by atoms with van der Waals surface area (Å²) in [7, 11) is 0. The number of rotatable bonds is 0. The van der Waals surface area contributed by atoms with Crippen LogP contribution in [0.25, 0.3) is 0 Å². The van der Waals surface area contributed by atoms with E-state index in [0.717, 1.165) is 0 Å². The molecule has 1 unspecified atom stereocenters. The van der Waals surface area contributed by atoms with Gasteiger partial charge in [-0.05, 0) is 19.1 Å². The lowest BCUT2D eigenvalue weighted by Gasteiger charge is -2.07. The Balaban J connectivity index is 3.36. The third-order valence-corrected chi connectivity index (χ3v) is 0.587. The van der Waals surface area contributed by atoms with Gasteiger partial charge in [0, 0.05) is 8.22 Å². The van der Waals surface area contributed by atoms with Crippen LogP contribution in [-0.2, 0) is 0 Å². The van der Waals surface area contributed by atoms with Gasteiger partial charge in [-0.1, -0.05) is 12.2 Å². The molecule has 1 N–H and O–H groups in total. The molecule has 0 aromatic heterocycles. The van der Waals surface area contributed by atoms with Gasteiger partial charge in [-0.15, -0.1) is 0 Å². The van der Waals surface area contributed by atoms with Crippen molar-refractivity contribution in [3.63, 3.8) is 0 Å². The Labute approximate surface area is 53.5 Å². The van der Waals surface area contributed by atoms with Crippen molar-refractivity contribution in [2.45, 2.75) is 25.2 Å². The van der Waals surface area contributed by atoms with Crippen LogP contribution >= 0.6 is 0 Å². The first-order valence-corrected chi connectivity index (χ1v) is 1.88.